The molecule has 3 rings (SSSR count). The van der Waals surface area contributed by atoms with Gasteiger partial charge in [0.05, 0.1) is 13.1 Å². The number of hydrogen-bond donors (Lipinski definition) is 0. The second-order valence-electron chi connectivity index (χ2n) is 6.04. The first-order valence-electron chi connectivity index (χ1n) is 7.42. The molecule has 0 aliphatic carbocycles. The van der Waals surface area contributed by atoms with Gasteiger partial charge in [0.15, 0.2) is 5.82 Å². The first kappa shape index (κ1) is 14.7. The van der Waals surface area contributed by atoms with Gasteiger partial charge in [-0.05, 0) is 19.7 Å². The van der Waals surface area contributed by atoms with E-state index in [1.54, 1.807) is 4.90 Å². The molecule has 1 aromatic carbocycles. The van der Waals surface area contributed by atoms with E-state index in [1.807, 2.05) is 48.8 Å². The minimum Gasteiger partial charge on any atom is -0.336 e. The predicted octanol–water partition coefficient (Wildman–Crippen LogP) is 1.10. The molecule has 0 spiro atoms. The van der Waals surface area contributed by atoms with Gasteiger partial charge in [0.2, 0.25) is 5.91 Å². The van der Waals surface area contributed by atoms with Crippen molar-refractivity contribution in [1.82, 2.24) is 24.6 Å². The van der Waals surface area contributed by atoms with E-state index in [2.05, 4.69) is 22.3 Å². The molecule has 6 nitrogen and oxygen atoms in total. The molecule has 1 amide bonds. The molecule has 0 radical (unpaired) electrons. The van der Waals surface area contributed by atoms with Crippen molar-refractivity contribution in [2.45, 2.75) is 25.6 Å². The minimum atomic E-state index is -0.263. The molecule has 0 saturated carbocycles. The first-order chi connectivity index (χ1) is 10.6. The zero-order valence-corrected chi connectivity index (χ0v) is 13.2. The first-order valence-corrected chi connectivity index (χ1v) is 7.42. The Kier molecular flexibility index (Phi) is 3.94. The molecular weight excluding hydrogens is 278 g/mol. The van der Waals surface area contributed by atoms with Crippen molar-refractivity contribution < 1.29 is 4.79 Å². The maximum atomic E-state index is 12.7. The Morgan fingerprint density at radius 2 is 1.95 bits per heavy atom. The van der Waals surface area contributed by atoms with Gasteiger partial charge in [0.25, 0.3) is 0 Å². The number of aromatic nitrogens is 3. The van der Waals surface area contributed by atoms with Crippen molar-refractivity contribution >= 4 is 5.91 Å². The van der Waals surface area contributed by atoms with Gasteiger partial charge in [-0.15, -0.1) is 10.2 Å². The highest BCUT2D eigenvalue weighted by molar-refractivity contribution is 5.81. The molecule has 1 aliphatic rings. The van der Waals surface area contributed by atoms with E-state index in [-0.39, 0.29) is 11.9 Å². The van der Waals surface area contributed by atoms with Gasteiger partial charge >= 0.3 is 0 Å². The largest absolute Gasteiger partial charge is 0.336 e. The van der Waals surface area contributed by atoms with E-state index in [0.29, 0.717) is 19.5 Å². The summed E-state index contributed by atoms with van der Waals surface area (Å²) in [6, 6.07) is 9.83. The molecule has 22 heavy (non-hydrogen) atoms. The third-order valence-electron chi connectivity index (χ3n) is 3.92. The van der Waals surface area contributed by atoms with Crippen LogP contribution in [-0.2, 0) is 24.3 Å². The summed E-state index contributed by atoms with van der Waals surface area (Å²) in [5.74, 6) is 1.83. The van der Waals surface area contributed by atoms with Gasteiger partial charge in [0, 0.05) is 13.5 Å². The van der Waals surface area contributed by atoms with Gasteiger partial charge in [-0.1, -0.05) is 30.3 Å². The van der Waals surface area contributed by atoms with Gasteiger partial charge in [-0.3, -0.25) is 9.36 Å². The predicted molar refractivity (Wildman–Crippen MR) is 83.1 cm³/mol. The number of nitrogens with zero attached hydrogens (tertiary/aromatic N) is 5. The van der Waals surface area contributed by atoms with Crippen LogP contribution < -0.4 is 0 Å². The molecule has 116 valence electrons. The van der Waals surface area contributed by atoms with Crippen LogP contribution in [0.15, 0.2) is 30.3 Å². The van der Waals surface area contributed by atoms with Crippen LogP contribution in [0.1, 0.15) is 23.3 Å². The number of rotatable bonds is 4. The lowest BCUT2D eigenvalue weighted by Crippen LogP contribution is -2.42. The fourth-order valence-corrected chi connectivity index (χ4v) is 2.89. The fraction of sp³-hybridized carbons (Fsp3) is 0.438. The van der Waals surface area contributed by atoms with E-state index < -0.39 is 0 Å². The zero-order chi connectivity index (χ0) is 15.7. The third kappa shape index (κ3) is 2.74. The van der Waals surface area contributed by atoms with Crippen molar-refractivity contribution in [3.63, 3.8) is 0 Å². The van der Waals surface area contributed by atoms with Crippen LogP contribution in [0, 0.1) is 0 Å². The number of hydrogen-bond acceptors (Lipinski definition) is 4. The summed E-state index contributed by atoms with van der Waals surface area (Å²) in [6.45, 7) is 1.19. The average Bonchev–Trinajstić information content (AvgIpc) is 2.86. The quantitative estimate of drug-likeness (QED) is 0.848. The number of amides is 1. The second kappa shape index (κ2) is 5.88. The van der Waals surface area contributed by atoms with Gasteiger partial charge in [-0.2, -0.15) is 0 Å². The summed E-state index contributed by atoms with van der Waals surface area (Å²) in [5, 5.41) is 8.57. The molecule has 1 aliphatic heterocycles. The number of fused-ring (bicyclic) bond motifs is 1. The highest BCUT2D eigenvalue weighted by Gasteiger charge is 2.34. The standard InChI is InChI=1S/C16H21N5O/c1-19(2)10-14-17-18-15-11-20(3)16(22)13(21(14)15)9-12-7-5-4-6-8-12/h4-8,13H,9-11H2,1-3H3/t13-/m1/s1. The Morgan fingerprint density at radius 3 is 2.64 bits per heavy atom. The Balaban J connectivity index is 1.98. The number of carbonyl (C=O) groups is 1. The van der Waals surface area contributed by atoms with E-state index in [1.165, 1.54) is 0 Å². The number of likely N-dealkylation sites (N-methyl/N-ethyl adjacent to an activating group) is 1. The third-order valence-corrected chi connectivity index (χ3v) is 3.92. The average molecular weight is 299 g/mol. The van der Waals surface area contributed by atoms with Crippen LogP contribution in [0.5, 0.6) is 0 Å². The fourth-order valence-electron chi connectivity index (χ4n) is 2.89. The van der Waals surface area contributed by atoms with Gasteiger partial charge < -0.3 is 9.80 Å². The zero-order valence-electron chi connectivity index (χ0n) is 13.2. The highest BCUT2D eigenvalue weighted by atomic mass is 16.2. The summed E-state index contributed by atoms with van der Waals surface area (Å²) in [6.07, 6.45) is 0.662. The molecule has 1 atom stereocenters. The molecule has 0 bridgehead atoms. The SMILES string of the molecule is CN(C)Cc1nnc2n1[C@H](Cc1ccccc1)C(=O)N(C)C2. The van der Waals surface area contributed by atoms with Crippen LogP contribution in [0.4, 0.5) is 0 Å². The maximum absolute atomic E-state index is 12.7. The minimum absolute atomic E-state index is 0.121. The molecule has 2 heterocycles. The van der Waals surface area contributed by atoms with Crippen molar-refractivity contribution in [2.75, 3.05) is 21.1 Å². The Bertz CT molecular complexity index is 664. The van der Waals surface area contributed by atoms with Crippen LogP contribution in [0.2, 0.25) is 0 Å². The Morgan fingerprint density at radius 1 is 1.23 bits per heavy atom. The second-order valence-corrected chi connectivity index (χ2v) is 6.04. The van der Waals surface area contributed by atoms with Crippen molar-refractivity contribution in [1.29, 1.82) is 0 Å². The Labute approximate surface area is 130 Å². The van der Waals surface area contributed by atoms with Crippen molar-refractivity contribution in [3.8, 4) is 0 Å². The Hall–Kier alpha value is -2.21. The highest BCUT2D eigenvalue weighted by Crippen LogP contribution is 2.26. The van der Waals surface area contributed by atoms with E-state index >= 15 is 0 Å². The summed E-state index contributed by atoms with van der Waals surface area (Å²) < 4.78 is 2.02. The van der Waals surface area contributed by atoms with Crippen molar-refractivity contribution in [2.24, 2.45) is 0 Å². The lowest BCUT2D eigenvalue weighted by atomic mass is 10.0. The van der Waals surface area contributed by atoms with Crippen molar-refractivity contribution in [3.05, 3.63) is 47.5 Å². The van der Waals surface area contributed by atoms with Gasteiger partial charge in [-0.25, -0.2) is 0 Å². The van der Waals surface area contributed by atoms with Crippen LogP contribution >= 0.6 is 0 Å². The molecule has 0 saturated heterocycles. The number of benzene rings is 1. The molecule has 1 aromatic heterocycles. The van der Waals surface area contributed by atoms with Gasteiger partial charge in [0.1, 0.15) is 11.9 Å². The van der Waals surface area contributed by atoms with Crippen LogP contribution in [0.25, 0.3) is 0 Å². The summed E-state index contributed by atoms with van der Waals surface area (Å²) in [5.41, 5.74) is 1.15. The molecule has 0 N–H and O–H groups in total. The maximum Gasteiger partial charge on any atom is 0.246 e. The van der Waals surface area contributed by atoms with E-state index in [9.17, 15) is 4.79 Å². The smallest absolute Gasteiger partial charge is 0.246 e. The topological polar surface area (TPSA) is 54.3 Å². The monoisotopic (exact) mass is 299 g/mol. The molecule has 2 aromatic rings. The summed E-state index contributed by atoms with van der Waals surface area (Å²) in [7, 11) is 5.80. The molecular formula is C16H21N5O. The van der Waals surface area contributed by atoms with E-state index in [4.69, 9.17) is 0 Å². The summed E-state index contributed by atoms with van der Waals surface area (Å²) in [4.78, 5) is 16.4. The lowest BCUT2D eigenvalue weighted by molar-refractivity contribution is -0.136. The molecule has 6 heteroatoms. The number of carbonyl (C=O) groups excluding carboxylic acids is 1. The van der Waals surface area contributed by atoms with Crippen LogP contribution in [-0.4, -0.2) is 51.6 Å². The van der Waals surface area contributed by atoms with Crippen LogP contribution in [0.3, 0.4) is 0 Å². The normalized spacial score (nSPS) is 17.9. The molecule has 0 unspecified atom stereocenters. The summed E-state index contributed by atoms with van der Waals surface area (Å²) >= 11 is 0. The van der Waals surface area contributed by atoms with E-state index in [0.717, 1.165) is 17.2 Å². The lowest BCUT2D eigenvalue weighted by Gasteiger charge is -2.31. The molecule has 0 fully saturated rings.